The molecule has 0 spiro atoms. The summed E-state index contributed by atoms with van der Waals surface area (Å²) in [6, 6.07) is 2.17. The van der Waals surface area contributed by atoms with Gasteiger partial charge in [-0.05, 0) is 37.2 Å². The number of pyridine rings is 1. The average molecular weight is 302 g/mol. The zero-order valence-electron chi connectivity index (χ0n) is 11.6. The molecule has 106 valence electrons. The van der Waals surface area contributed by atoms with Crippen LogP contribution in [0.5, 0.6) is 0 Å². The van der Waals surface area contributed by atoms with Gasteiger partial charge in [-0.2, -0.15) is 0 Å². The molecule has 0 saturated heterocycles. The van der Waals surface area contributed by atoms with Crippen molar-refractivity contribution in [1.29, 1.82) is 0 Å². The Hall–Kier alpha value is -0.670. The van der Waals surface area contributed by atoms with Gasteiger partial charge >= 0.3 is 0 Å². The lowest BCUT2D eigenvalue weighted by Gasteiger charge is -2.33. The molecule has 1 heterocycles. The van der Waals surface area contributed by atoms with Crippen LogP contribution in [0.25, 0.3) is 0 Å². The summed E-state index contributed by atoms with van der Waals surface area (Å²) in [5.74, 6) is 2.83. The molecule has 3 nitrogen and oxygen atoms in total. The minimum absolute atomic E-state index is 0.437. The largest absolute Gasteiger partial charge is 0.372 e. The molecule has 0 radical (unpaired) electrons. The summed E-state index contributed by atoms with van der Waals surface area (Å²) in [5, 5.41) is 7.58. The molecule has 0 bridgehead atoms. The molecular formula is C14H21Cl2N3. The van der Waals surface area contributed by atoms with Gasteiger partial charge in [0.15, 0.2) is 0 Å². The molecule has 0 aromatic carbocycles. The van der Waals surface area contributed by atoms with Crippen LogP contribution in [0.15, 0.2) is 6.07 Å². The van der Waals surface area contributed by atoms with Crippen molar-refractivity contribution in [3.63, 3.8) is 0 Å². The lowest BCUT2D eigenvalue weighted by molar-refractivity contribution is 0.276. The van der Waals surface area contributed by atoms with E-state index in [1.807, 2.05) is 0 Å². The molecule has 1 saturated carbocycles. The van der Waals surface area contributed by atoms with Crippen molar-refractivity contribution in [2.24, 2.45) is 11.8 Å². The molecule has 5 heteroatoms. The van der Waals surface area contributed by atoms with Gasteiger partial charge in [0.05, 0.1) is 10.0 Å². The van der Waals surface area contributed by atoms with E-state index in [2.05, 4.69) is 29.5 Å². The van der Waals surface area contributed by atoms with Crippen molar-refractivity contribution in [1.82, 2.24) is 4.98 Å². The van der Waals surface area contributed by atoms with Gasteiger partial charge < -0.3 is 10.6 Å². The summed E-state index contributed by atoms with van der Waals surface area (Å²) in [6.07, 6.45) is 3.67. The summed E-state index contributed by atoms with van der Waals surface area (Å²) in [4.78, 5) is 4.45. The number of hydrogen-bond acceptors (Lipinski definition) is 3. The second kappa shape index (κ2) is 6.19. The predicted octanol–water partition coefficient (Wildman–Crippen LogP) is 4.67. The van der Waals surface area contributed by atoms with Crippen molar-refractivity contribution in [3.05, 3.63) is 16.1 Å². The minimum atomic E-state index is 0.437. The van der Waals surface area contributed by atoms with Crippen molar-refractivity contribution >= 4 is 34.8 Å². The third kappa shape index (κ3) is 3.46. The SMILES string of the molecule is CNc1nc(NC2CCC(C)CC2C)c(Cl)cc1Cl. The molecule has 1 aliphatic carbocycles. The maximum absolute atomic E-state index is 6.22. The molecule has 2 N–H and O–H groups in total. The Balaban J connectivity index is 2.14. The van der Waals surface area contributed by atoms with Crippen LogP contribution in [0.3, 0.4) is 0 Å². The second-order valence-corrected chi connectivity index (χ2v) is 6.36. The fourth-order valence-electron chi connectivity index (χ4n) is 2.80. The van der Waals surface area contributed by atoms with E-state index in [0.717, 1.165) is 18.2 Å². The van der Waals surface area contributed by atoms with Crippen molar-refractivity contribution in [2.45, 2.75) is 39.2 Å². The average Bonchev–Trinajstić information content (AvgIpc) is 2.35. The van der Waals surface area contributed by atoms with E-state index in [0.29, 0.717) is 27.8 Å². The zero-order chi connectivity index (χ0) is 14.0. The van der Waals surface area contributed by atoms with Crippen LogP contribution in [-0.4, -0.2) is 18.1 Å². The van der Waals surface area contributed by atoms with E-state index in [4.69, 9.17) is 23.2 Å². The standard InChI is InChI=1S/C14H21Cl2N3/c1-8-4-5-12(9(2)6-8)18-14-11(16)7-10(15)13(17-3)19-14/h7-9,12H,4-6H2,1-3H3,(H2,17,18,19). The maximum atomic E-state index is 6.22. The van der Waals surface area contributed by atoms with Crippen LogP contribution in [-0.2, 0) is 0 Å². The van der Waals surface area contributed by atoms with Gasteiger partial charge in [0, 0.05) is 13.1 Å². The summed E-state index contributed by atoms with van der Waals surface area (Å²) >= 11 is 12.3. The number of rotatable bonds is 3. The van der Waals surface area contributed by atoms with Crippen LogP contribution in [0, 0.1) is 11.8 Å². The van der Waals surface area contributed by atoms with E-state index in [1.165, 1.54) is 12.8 Å². The number of aromatic nitrogens is 1. The van der Waals surface area contributed by atoms with E-state index >= 15 is 0 Å². The Kier molecular flexibility index (Phi) is 4.80. The quantitative estimate of drug-likeness (QED) is 0.852. The Labute approximate surface area is 125 Å². The molecule has 19 heavy (non-hydrogen) atoms. The minimum Gasteiger partial charge on any atom is -0.372 e. The highest BCUT2D eigenvalue weighted by Crippen LogP contribution is 2.34. The molecule has 3 atom stereocenters. The number of nitrogens with one attached hydrogen (secondary N) is 2. The Morgan fingerprint density at radius 1 is 1.16 bits per heavy atom. The lowest BCUT2D eigenvalue weighted by atomic mass is 9.80. The van der Waals surface area contributed by atoms with E-state index < -0.39 is 0 Å². The first-order valence-electron chi connectivity index (χ1n) is 6.81. The first-order chi connectivity index (χ1) is 9.01. The van der Waals surface area contributed by atoms with Gasteiger partial charge in [0.25, 0.3) is 0 Å². The molecule has 2 rings (SSSR count). The normalized spacial score (nSPS) is 27.1. The fraction of sp³-hybridized carbons (Fsp3) is 0.643. The van der Waals surface area contributed by atoms with Crippen molar-refractivity contribution in [3.8, 4) is 0 Å². The number of halogens is 2. The Morgan fingerprint density at radius 2 is 1.84 bits per heavy atom. The molecule has 3 unspecified atom stereocenters. The molecule has 1 aromatic rings. The van der Waals surface area contributed by atoms with Crippen molar-refractivity contribution < 1.29 is 0 Å². The molecule has 0 aliphatic heterocycles. The van der Waals surface area contributed by atoms with Crippen molar-refractivity contribution in [2.75, 3.05) is 17.7 Å². The fourth-order valence-corrected chi connectivity index (χ4v) is 3.31. The summed E-state index contributed by atoms with van der Waals surface area (Å²) in [7, 11) is 1.80. The zero-order valence-corrected chi connectivity index (χ0v) is 13.1. The highest BCUT2D eigenvalue weighted by Gasteiger charge is 2.26. The maximum Gasteiger partial charge on any atom is 0.147 e. The Morgan fingerprint density at radius 3 is 2.47 bits per heavy atom. The van der Waals surface area contributed by atoms with Gasteiger partial charge in [-0.3, -0.25) is 0 Å². The van der Waals surface area contributed by atoms with Gasteiger partial charge in [-0.15, -0.1) is 0 Å². The molecule has 1 fully saturated rings. The first-order valence-corrected chi connectivity index (χ1v) is 7.57. The molecular weight excluding hydrogens is 281 g/mol. The first kappa shape index (κ1) is 14.7. The number of anilines is 2. The highest BCUT2D eigenvalue weighted by atomic mass is 35.5. The van der Waals surface area contributed by atoms with E-state index in [1.54, 1.807) is 13.1 Å². The van der Waals surface area contributed by atoms with Gasteiger partial charge in [-0.1, -0.05) is 37.0 Å². The summed E-state index contributed by atoms with van der Waals surface area (Å²) < 4.78 is 0. The molecule has 1 aromatic heterocycles. The van der Waals surface area contributed by atoms with Crippen LogP contribution in [0.2, 0.25) is 10.0 Å². The lowest BCUT2D eigenvalue weighted by Crippen LogP contribution is -2.33. The van der Waals surface area contributed by atoms with Crippen LogP contribution >= 0.6 is 23.2 Å². The summed E-state index contributed by atoms with van der Waals surface area (Å²) in [5.41, 5.74) is 0. The number of nitrogens with zero attached hydrogens (tertiary/aromatic N) is 1. The Bertz CT molecular complexity index is 451. The molecule has 1 aliphatic rings. The van der Waals surface area contributed by atoms with Gasteiger partial charge in [0.1, 0.15) is 11.6 Å². The second-order valence-electron chi connectivity index (χ2n) is 5.55. The van der Waals surface area contributed by atoms with Gasteiger partial charge in [-0.25, -0.2) is 4.98 Å². The summed E-state index contributed by atoms with van der Waals surface area (Å²) in [6.45, 7) is 4.61. The van der Waals surface area contributed by atoms with Crippen LogP contribution in [0.1, 0.15) is 33.1 Å². The third-order valence-electron chi connectivity index (χ3n) is 3.92. The molecule has 0 amide bonds. The number of hydrogen-bond donors (Lipinski definition) is 2. The van der Waals surface area contributed by atoms with E-state index in [-0.39, 0.29) is 0 Å². The highest BCUT2D eigenvalue weighted by molar-refractivity contribution is 6.37. The van der Waals surface area contributed by atoms with Gasteiger partial charge in [0.2, 0.25) is 0 Å². The monoisotopic (exact) mass is 301 g/mol. The van der Waals surface area contributed by atoms with Crippen LogP contribution < -0.4 is 10.6 Å². The topological polar surface area (TPSA) is 37.0 Å². The third-order valence-corrected chi connectivity index (χ3v) is 4.50. The smallest absolute Gasteiger partial charge is 0.147 e. The van der Waals surface area contributed by atoms with Crippen LogP contribution in [0.4, 0.5) is 11.6 Å². The van der Waals surface area contributed by atoms with E-state index in [9.17, 15) is 0 Å². The predicted molar refractivity (Wildman–Crippen MR) is 83.4 cm³/mol.